The van der Waals surface area contributed by atoms with Crippen molar-refractivity contribution in [2.75, 3.05) is 14.2 Å². The quantitative estimate of drug-likeness (QED) is 0.537. The number of esters is 1. The minimum atomic E-state index is -0.541. The smallest absolute Gasteiger partial charge is 0.309 e. The maximum absolute atomic E-state index is 14.7. The Labute approximate surface area is 185 Å². The van der Waals surface area contributed by atoms with Crippen LogP contribution in [0.5, 0.6) is 5.88 Å². The fourth-order valence-corrected chi connectivity index (χ4v) is 3.87. The van der Waals surface area contributed by atoms with Crippen molar-refractivity contribution in [1.82, 2.24) is 15.0 Å². The monoisotopic (exact) mass is 434 g/mol. The second-order valence-corrected chi connectivity index (χ2v) is 7.50. The summed E-state index contributed by atoms with van der Waals surface area (Å²) in [5, 5.41) is 0. The minimum Gasteiger partial charge on any atom is -0.481 e. The zero-order valence-electron chi connectivity index (χ0n) is 17.9. The summed E-state index contributed by atoms with van der Waals surface area (Å²) in [5.74, 6) is -0.330. The predicted molar refractivity (Wildman–Crippen MR) is 118 cm³/mol. The van der Waals surface area contributed by atoms with Gasteiger partial charge in [-0.3, -0.25) is 4.79 Å². The SMILES string of the molecule is COC(=O)[C@@H]1CCC/C(=N\c2ncc(F)c(-c3cccc(-c4cccnc4OC)c3)n2)C1. The number of aromatic nitrogens is 3. The van der Waals surface area contributed by atoms with Gasteiger partial charge in [-0.25, -0.2) is 24.3 Å². The Bertz CT molecular complexity index is 1170. The molecule has 4 rings (SSSR count). The van der Waals surface area contributed by atoms with Gasteiger partial charge in [0.2, 0.25) is 11.8 Å². The number of nitrogens with zero attached hydrogens (tertiary/aromatic N) is 4. The van der Waals surface area contributed by atoms with Crippen LogP contribution in [0.25, 0.3) is 22.4 Å². The number of ether oxygens (including phenoxy) is 2. The summed E-state index contributed by atoms with van der Waals surface area (Å²) in [6.07, 6.45) is 5.63. The van der Waals surface area contributed by atoms with Gasteiger partial charge in [0.1, 0.15) is 5.69 Å². The van der Waals surface area contributed by atoms with Gasteiger partial charge in [0, 0.05) is 23.0 Å². The van der Waals surface area contributed by atoms with Gasteiger partial charge in [0.05, 0.1) is 26.3 Å². The van der Waals surface area contributed by atoms with Crippen molar-refractivity contribution >= 4 is 17.6 Å². The molecule has 7 nitrogen and oxygen atoms in total. The molecule has 0 saturated heterocycles. The van der Waals surface area contributed by atoms with E-state index in [1.165, 1.54) is 7.11 Å². The molecule has 0 bridgehead atoms. The van der Waals surface area contributed by atoms with Gasteiger partial charge in [-0.05, 0) is 49.4 Å². The molecule has 0 unspecified atom stereocenters. The molecule has 0 amide bonds. The van der Waals surface area contributed by atoms with E-state index in [0.29, 0.717) is 17.9 Å². The van der Waals surface area contributed by atoms with Gasteiger partial charge in [-0.2, -0.15) is 0 Å². The van der Waals surface area contributed by atoms with Crippen LogP contribution in [0.1, 0.15) is 25.7 Å². The third-order valence-electron chi connectivity index (χ3n) is 5.44. The molecule has 1 saturated carbocycles. The molecule has 1 aliphatic carbocycles. The van der Waals surface area contributed by atoms with Crippen molar-refractivity contribution in [2.45, 2.75) is 25.7 Å². The molecule has 1 aromatic carbocycles. The average Bonchev–Trinajstić information content (AvgIpc) is 2.85. The number of methoxy groups -OCH3 is 2. The summed E-state index contributed by atoms with van der Waals surface area (Å²) >= 11 is 0. The normalized spacial score (nSPS) is 17.2. The Hall–Kier alpha value is -3.68. The van der Waals surface area contributed by atoms with Crippen LogP contribution < -0.4 is 4.74 Å². The first-order valence-corrected chi connectivity index (χ1v) is 10.4. The van der Waals surface area contributed by atoms with Gasteiger partial charge in [-0.1, -0.05) is 18.2 Å². The van der Waals surface area contributed by atoms with Crippen LogP contribution in [0.4, 0.5) is 10.3 Å². The largest absolute Gasteiger partial charge is 0.481 e. The molecule has 2 aromatic heterocycles. The van der Waals surface area contributed by atoms with E-state index in [1.54, 1.807) is 19.4 Å². The maximum atomic E-state index is 14.7. The van der Waals surface area contributed by atoms with Crippen molar-refractivity contribution in [3.05, 3.63) is 54.6 Å². The van der Waals surface area contributed by atoms with Crippen LogP contribution in [0.3, 0.4) is 0 Å². The zero-order valence-corrected chi connectivity index (χ0v) is 17.9. The topological polar surface area (TPSA) is 86.6 Å². The van der Waals surface area contributed by atoms with Gasteiger partial charge >= 0.3 is 5.97 Å². The van der Waals surface area contributed by atoms with Gasteiger partial charge in [0.25, 0.3) is 0 Å². The van der Waals surface area contributed by atoms with Crippen LogP contribution in [-0.2, 0) is 9.53 Å². The first-order chi connectivity index (χ1) is 15.6. The van der Waals surface area contributed by atoms with Crippen LogP contribution in [0, 0.1) is 11.7 Å². The Balaban J connectivity index is 1.66. The summed E-state index contributed by atoms with van der Waals surface area (Å²) in [4.78, 5) is 29.0. The van der Waals surface area contributed by atoms with E-state index >= 15 is 0 Å². The molecule has 32 heavy (non-hydrogen) atoms. The second kappa shape index (κ2) is 9.64. The molecule has 0 N–H and O–H groups in total. The molecule has 164 valence electrons. The predicted octanol–water partition coefficient (Wildman–Crippen LogP) is 4.79. The summed E-state index contributed by atoms with van der Waals surface area (Å²) in [7, 11) is 2.94. The van der Waals surface area contributed by atoms with E-state index in [9.17, 15) is 9.18 Å². The molecular weight excluding hydrogens is 411 g/mol. The molecule has 3 aromatic rings. The minimum absolute atomic E-state index is 0.157. The highest BCUT2D eigenvalue weighted by Crippen LogP contribution is 2.32. The fourth-order valence-electron chi connectivity index (χ4n) is 3.87. The lowest BCUT2D eigenvalue weighted by atomic mass is 9.88. The molecule has 1 aliphatic rings. The maximum Gasteiger partial charge on any atom is 0.309 e. The van der Waals surface area contributed by atoms with E-state index in [0.717, 1.165) is 42.3 Å². The molecular formula is C24H23FN4O3. The number of benzene rings is 1. The van der Waals surface area contributed by atoms with Gasteiger partial charge in [-0.15, -0.1) is 0 Å². The fraction of sp³-hybridized carbons (Fsp3) is 0.292. The van der Waals surface area contributed by atoms with Crippen LogP contribution in [0.2, 0.25) is 0 Å². The van der Waals surface area contributed by atoms with Crippen molar-refractivity contribution in [2.24, 2.45) is 10.9 Å². The van der Waals surface area contributed by atoms with Crippen LogP contribution in [-0.4, -0.2) is 40.9 Å². The molecule has 2 heterocycles. The van der Waals surface area contributed by atoms with E-state index in [-0.39, 0.29) is 23.5 Å². The van der Waals surface area contributed by atoms with Crippen LogP contribution >= 0.6 is 0 Å². The summed E-state index contributed by atoms with van der Waals surface area (Å²) < 4.78 is 24.9. The average molecular weight is 434 g/mol. The molecule has 1 atom stereocenters. The molecule has 8 heteroatoms. The lowest BCUT2D eigenvalue weighted by molar-refractivity contribution is -0.145. The zero-order chi connectivity index (χ0) is 22.5. The van der Waals surface area contributed by atoms with Gasteiger partial charge < -0.3 is 9.47 Å². The first-order valence-electron chi connectivity index (χ1n) is 10.4. The summed E-state index contributed by atoms with van der Waals surface area (Å²) in [5.41, 5.74) is 3.18. The van der Waals surface area contributed by atoms with Crippen molar-refractivity contribution in [3.8, 4) is 28.3 Å². The molecule has 0 aliphatic heterocycles. The molecule has 0 radical (unpaired) electrons. The number of rotatable bonds is 5. The highest BCUT2D eigenvalue weighted by molar-refractivity contribution is 5.91. The Morgan fingerprint density at radius 2 is 2.00 bits per heavy atom. The summed E-state index contributed by atoms with van der Waals surface area (Å²) in [6.45, 7) is 0. The first kappa shape index (κ1) is 21.5. The second-order valence-electron chi connectivity index (χ2n) is 7.50. The van der Waals surface area contributed by atoms with Crippen molar-refractivity contribution in [1.29, 1.82) is 0 Å². The third kappa shape index (κ3) is 4.64. The number of aliphatic imine (C=N–C) groups is 1. The third-order valence-corrected chi connectivity index (χ3v) is 5.44. The van der Waals surface area contributed by atoms with E-state index in [2.05, 4.69) is 19.9 Å². The van der Waals surface area contributed by atoms with Crippen LogP contribution in [0.15, 0.2) is 53.8 Å². The number of pyridine rings is 1. The summed E-state index contributed by atoms with van der Waals surface area (Å²) in [6, 6.07) is 11.0. The van der Waals surface area contributed by atoms with E-state index < -0.39 is 5.82 Å². The van der Waals surface area contributed by atoms with E-state index in [1.807, 2.05) is 30.3 Å². The highest BCUT2D eigenvalue weighted by atomic mass is 19.1. The highest BCUT2D eigenvalue weighted by Gasteiger charge is 2.25. The number of hydrogen-bond acceptors (Lipinski definition) is 7. The Kier molecular flexibility index (Phi) is 6.49. The lowest BCUT2D eigenvalue weighted by Gasteiger charge is -2.20. The number of carbonyl (C=O) groups excluding carboxylic acids is 1. The number of carbonyl (C=O) groups is 1. The number of hydrogen-bond donors (Lipinski definition) is 0. The van der Waals surface area contributed by atoms with Gasteiger partial charge in [0.15, 0.2) is 5.82 Å². The standard InChI is InChI=1S/C24H23FN4O3/c1-31-22-19(10-5-11-26-22)15-6-3-7-16(12-15)21-20(25)14-27-24(29-21)28-18-9-4-8-17(13-18)23(30)32-2/h3,5-7,10-12,14,17H,4,8-9,13H2,1-2H3/b28-18+/t17-/m1/s1. The molecule has 0 spiro atoms. The Morgan fingerprint density at radius 1 is 1.16 bits per heavy atom. The number of halogens is 1. The molecule has 1 fully saturated rings. The van der Waals surface area contributed by atoms with E-state index in [4.69, 9.17) is 9.47 Å². The Morgan fingerprint density at radius 3 is 2.81 bits per heavy atom. The van der Waals surface area contributed by atoms with Crippen molar-refractivity contribution in [3.63, 3.8) is 0 Å². The lowest BCUT2D eigenvalue weighted by Crippen LogP contribution is -2.23. The van der Waals surface area contributed by atoms with Crippen molar-refractivity contribution < 1.29 is 18.7 Å².